The van der Waals surface area contributed by atoms with E-state index in [1.807, 2.05) is 43.7 Å². The topological polar surface area (TPSA) is 79.2 Å². The van der Waals surface area contributed by atoms with Crippen molar-refractivity contribution in [3.8, 4) is 5.69 Å². The molecule has 0 bridgehead atoms. The van der Waals surface area contributed by atoms with Crippen LogP contribution in [0.3, 0.4) is 0 Å². The highest BCUT2D eigenvalue weighted by atomic mass is 35.5. The number of halogens is 1. The molecule has 2 unspecified atom stereocenters. The fourth-order valence-corrected chi connectivity index (χ4v) is 3.47. The molecule has 1 aliphatic heterocycles. The molecule has 26 heavy (non-hydrogen) atoms. The predicted molar refractivity (Wildman–Crippen MR) is 102 cm³/mol. The lowest BCUT2D eigenvalue weighted by Crippen LogP contribution is -2.35. The highest BCUT2D eigenvalue weighted by Crippen LogP contribution is 2.23. The molecule has 3 rings (SSSR count). The van der Waals surface area contributed by atoms with Gasteiger partial charge in [0.15, 0.2) is 0 Å². The first kappa shape index (κ1) is 18.9. The minimum atomic E-state index is -0.396. The average molecular weight is 377 g/mol. The van der Waals surface area contributed by atoms with Gasteiger partial charge >= 0.3 is 0 Å². The second-order valence-corrected chi connectivity index (χ2v) is 7.37. The average Bonchev–Trinajstić information content (AvgIpc) is 3.13. The van der Waals surface area contributed by atoms with E-state index in [1.165, 1.54) is 0 Å². The van der Waals surface area contributed by atoms with Crippen LogP contribution in [0, 0.1) is 26.7 Å². The molecule has 2 heterocycles. The lowest BCUT2D eigenvalue weighted by atomic mass is 10.1. The Kier molecular flexibility index (Phi) is 5.65. The number of aromatic nitrogens is 2. The van der Waals surface area contributed by atoms with E-state index in [0.29, 0.717) is 18.1 Å². The summed E-state index contributed by atoms with van der Waals surface area (Å²) < 4.78 is 1.83. The number of aliphatic hydroxyl groups excluding tert-OH is 1. The maximum atomic E-state index is 12.4. The third-order valence-corrected chi connectivity index (χ3v) is 5.45. The number of nitrogens with one attached hydrogen (secondary N) is 2. The van der Waals surface area contributed by atoms with Crippen molar-refractivity contribution < 1.29 is 9.90 Å². The molecule has 0 aliphatic carbocycles. The van der Waals surface area contributed by atoms with Crippen LogP contribution in [0.15, 0.2) is 18.2 Å². The van der Waals surface area contributed by atoms with E-state index in [-0.39, 0.29) is 18.2 Å². The lowest BCUT2D eigenvalue weighted by molar-refractivity contribution is -0.120. The van der Waals surface area contributed by atoms with Gasteiger partial charge in [-0.15, -0.1) is 0 Å². The zero-order valence-electron chi connectivity index (χ0n) is 15.3. The number of rotatable bonds is 5. The van der Waals surface area contributed by atoms with Crippen LogP contribution in [0.25, 0.3) is 5.69 Å². The van der Waals surface area contributed by atoms with Crippen LogP contribution in [-0.2, 0) is 11.2 Å². The maximum Gasteiger partial charge on any atom is 0.224 e. The van der Waals surface area contributed by atoms with E-state index in [4.69, 9.17) is 11.6 Å². The summed E-state index contributed by atoms with van der Waals surface area (Å²) >= 11 is 6.23. The molecule has 1 saturated heterocycles. The monoisotopic (exact) mass is 376 g/mol. The molecule has 2 aromatic rings. The van der Waals surface area contributed by atoms with Crippen molar-refractivity contribution in [2.45, 2.75) is 33.3 Å². The van der Waals surface area contributed by atoms with Gasteiger partial charge in [-0.1, -0.05) is 17.7 Å². The van der Waals surface area contributed by atoms with Crippen molar-refractivity contribution in [3.63, 3.8) is 0 Å². The Hall–Kier alpha value is -1.89. The first-order chi connectivity index (χ1) is 12.4. The zero-order chi connectivity index (χ0) is 18.8. The molecule has 6 nitrogen and oxygen atoms in total. The number of aryl methyl sites for hydroxylation is 2. The number of hydrogen-bond acceptors (Lipinski definition) is 4. The Morgan fingerprint density at radius 3 is 2.81 bits per heavy atom. The number of carbonyl (C=O) groups is 1. The van der Waals surface area contributed by atoms with E-state index in [2.05, 4.69) is 15.7 Å². The number of amides is 1. The number of aliphatic hydroxyl groups is 1. The molecule has 1 amide bonds. The highest BCUT2D eigenvalue weighted by Gasteiger charge is 2.25. The summed E-state index contributed by atoms with van der Waals surface area (Å²) in [6.07, 6.45) is -0.124. The fraction of sp³-hybridized carbons (Fsp3) is 0.474. The lowest BCUT2D eigenvalue weighted by Gasteiger charge is -2.14. The van der Waals surface area contributed by atoms with Gasteiger partial charge in [0.25, 0.3) is 0 Å². The molecule has 7 heteroatoms. The van der Waals surface area contributed by atoms with Gasteiger partial charge in [-0.3, -0.25) is 4.79 Å². The molecule has 0 saturated carbocycles. The quantitative estimate of drug-likeness (QED) is 0.742. The number of β-amino-alcohol motifs (C(OH)–C–C–N with tert-alkyl or cyclic N) is 1. The number of benzene rings is 1. The summed E-state index contributed by atoms with van der Waals surface area (Å²) in [6, 6.07) is 5.81. The number of carbonyl (C=O) groups excluding carboxylic acids is 1. The smallest absolute Gasteiger partial charge is 0.224 e. The minimum Gasteiger partial charge on any atom is -0.391 e. The summed E-state index contributed by atoms with van der Waals surface area (Å²) in [7, 11) is 0. The van der Waals surface area contributed by atoms with E-state index >= 15 is 0 Å². The van der Waals surface area contributed by atoms with Gasteiger partial charge in [-0.2, -0.15) is 5.10 Å². The van der Waals surface area contributed by atoms with Gasteiger partial charge in [0.05, 0.1) is 23.9 Å². The molecule has 3 N–H and O–H groups in total. The second-order valence-electron chi connectivity index (χ2n) is 6.96. The van der Waals surface area contributed by atoms with Gasteiger partial charge in [-0.05, 0) is 38.5 Å². The van der Waals surface area contributed by atoms with Gasteiger partial charge < -0.3 is 15.7 Å². The van der Waals surface area contributed by atoms with Crippen molar-refractivity contribution >= 4 is 17.5 Å². The third-order valence-electron chi connectivity index (χ3n) is 5.04. The van der Waals surface area contributed by atoms with Crippen LogP contribution >= 0.6 is 11.6 Å². The molecule has 0 radical (unpaired) electrons. The second kappa shape index (κ2) is 7.78. The summed E-state index contributed by atoms with van der Waals surface area (Å²) in [5.74, 6) is 0.00959. The van der Waals surface area contributed by atoms with Crippen LogP contribution in [0.4, 0.5) is 0 Å². The third kappa shape index (κ3) is 3.92. The molecule has 0 spiro atoms. The molecular formula is C19H25ClN4O2. The Bertz CT molecular complexity index is 818. The van der Waals surface area contributed by atoms with E-state index < -0.39 is 6.10 Å². The van der Waals surface area contributed by atoms with Gasteiger partial charge in [0.1, 0.15) is 0 Å². The molecule has 1 fully saturated rings. The van der Waals surface area contributed by atoms with E-state index in [1.54, 1.807) is 0 Å². The van der Waals surface area contributed by atoms with E-state index in [0.717, 1.165) is 34.7 Å². The SMILES string of the molecule is Cc1ccc(-n2nc(C)c(CC(=O)NCC3CNCC3O)c2C)cc1Cl. The molecule has 1 aromatic heterocycles. The number of nitrogens with zero attached hydrogens (tertiary/aromatic N) is 2. The van der Waals surface area contributed by atoms with Crippen molar-refractivity contribution in [1.29, 1.82) is 0 Å². The Morgan fingerprint density at radius 2 is 2.15 bits per heavy atom. The van der Waals surface area contributed by atoms with Crippen molar-refractivity contribution in [3.05, 3.63) is 45.7 Å². The predicted octanol–water partition coefficient (Wildman–Crippen LogP) is 1.69. The molecular weight excluding hydrogens is 352 g/mol. The van der Waals surface area contributed by atoms with Gasteiger partial charge in [-0.25, -0.2) is 4.68 Å². The van der Waals surface area contributed by atoms with Gasteiger partial charge in [0, 0.05) is 41.8 Å². The largest absolute Gasteiger partial charge is 0.391 e. The van der Waals surface area contributed by atoms with Crippen LogP contribution in [-0.4, -0.2) is 46.5 Å². The van der Waals surface area contributed by atoms with E-state index in [9.17, 15) is 9.90 Å². The van der Waals surface area contributed by atoms with Crippen LogP contribution in [0.1, 0.15) is 22.5 Å². The van der Waals surface area contributed by atoms with Crippen LogP contribution < -0.4 is 10.6 Å². The zero-order valence-corrected chi connectivity index (χ0v) is 16.1. The first-order valence-electron chi connectivity index (χ1n) is 8.84. The minimum absolute atomic E-state index is 0.0585. The summed E-state index contributed by atoms with van der Waals surface area (Å²) in [5, 5.41) is 21.1. The molecule has 2 atom stereocenters. The molecule has 140 valence electrons. The van der Waals surface area contributed by atoms with Gasteiger partial charge in [0.2, 0.25) is 5.91 Å². The maximum absolute atomic E-state index is 12.4. The standard InChI is InChI=1S/C19H25ClN4O2/c1-11-4-5-15(6-17(11)20)24-13(3)16(12(2)23-24)7-19(26)22-9-14-8-21-10-18(14)25/h4-6,14,18,21,25H,7-10H2,1-3H3,(H,22,26). The summed E-state index contributed by atoms with van der Waals surface area (Å²) in [6.45, 7) is 7.62. The van der Waals surface area contributed by atoms with Crippen LogP contribution in [0.5, 0.6) is 0 Å². The summed E-state index contributed by atoms with van der Waals surface area (Å²) in [4.78, 5) is 12.4. The van der Waals surface area contributed by atoms with Crippen molar-refractivity contribution in [1.82, 2.24) is 20.4 Å². The first-order valence-corrected chi connectivity index (χ1v) is 9.21. The Balaban J connectivity index is 1.71. The summed E-state index contributed by atoms with van der Waals surface area (Å²) in [5.41, 5.74) is 4.58. The number of hydrogen-bond donors (Lipinski definition) is 3. The van der Waals surface area contributed by atoms with Crippen molar-refractivity contribution in [2.24, 2.45) is 5.92 Å². The Labute approximate surface area is 158 Å². The molecule has 1 aliphatic rings. The highest BCUT2D eigenvalue weighted by molar-refractivity contribution is 6.31. The van der Waals surface area contributed by atoms with Crippen LogP contribution in [0.2, 0.25) is 5.02 Å². The normalized spacial score (nSPS) is 19.7. The fourth-order valence-electron chi connectivity index (χ4n) is 3.29. The Morgan fingerprint density at radius 1 is 1.38 bits per heavy atom. The molecule has 1 aromatic carbocycles. The van der Waals surface area contributed by atoms with Crippen molar-refractivity contribution in [2.75, 3.05) is 19.6 Å².